The number of aliphatic hydroxyl groups excluding tert-OH is 2. The number of aromatic nitrogens is 1. The van der Waals surface area contributed by atoms with E-state index in [4.69, 9.17) is 13.9 Å². The van der Waals surface area contributed by atoms with Crippen LogP contribution in [0.15, 0.2) is 70.9 Å². The van der Waals surface area contributed by atoms with E-state index in [0.717, 1.165) is 5.76 Å². The van der Waals surface area contributed by atoms with Gasteiger partial charge >= 0.3 is 5.97 Å². The van der Waals surface area contributed by atoms with Crippen molar-refractivity contribution in [1.82, 2.24) is 15.6 Å². The lowest BCUT2D eigenvalue weighted by molar-refractivity contribution is -0.268. The Balaban J connectivity index is 1.51. The minimum absolute atomic E-state index is 0.162. The van der Waals surface area contributed by atoms with Crippen molar-refractivity contribution in [2.45, 2.75) is 97.4 Å². The molecule has 276 valence electrons. The maximum absolute atomic E-state index is 13.2. The van der Waals surface area contributed by atoms with E-state index in [0.29, 0.717) is 17.9 Å². The molecule has 2 aliphatic rings. The van der Waals surface area contributed by atoms with Crippen molar-refractivity contribution in [1.29, 1.82) is 0 Å². The lowest BCUT2D eigenvalue weighted by Crippen LogP contribution is -2.75. The van der Waals surface area contributed by atoms with Crippen molar-refractivity contribution in [2.75, 3.05) is 20.7 Å². The van der Waals surface area contributed by atoms with Crippen molar-refractivity contribution >= 4 is 17.7 Å². The molecule has 5 N–H and O–H groups in total. The number of rotatable bonds is 17. The van der Waals surface area contributed by atoms with Gasteiger partial charge in [-0.05, 0) is 52.7 Å². The molecule has 1 aliphatic carbocycles. The quantitative estimate of drug-likeness (QED) is 0.119. The molecule has 9 unspecified atom stereocenters. The number of allylic oxidation sites excluding steroid dienone is 7. The first-order valence-corrected chi connectivity index (χ1v) is 17.1. The number of nitrogens with one attached hydrogen (secondary N) is 2. The van der Waals surface area contributed by atoms with Crippen molar-refractivity contribution in [3.8, 4) is 0 Å². The van der Waals surface area contributed by atoms with Gasteiger partial charge in [-0.3, -0.25) is 14.4 Å². The number of aryl methyl sites for hydroxylation is 1. The predicted octanol–water partition coefficient (Wildman–Crippen LogP) is 3.07. The third-order valence-electron chi connectivity index (χ3n) is 10.3. The largest absolute Gasteiger partial charge is 0.461 e. The molecule has 1 amide bonds. The SMILES string of the molecule is CNC1C(=O)C(C)C(O)(C(CC(C)C(O)/C=C/C=C/CNC(=O)C(C)(C)C(O)\C(C)=C/C=C\C=C\Cc2cnc(C)o2)OC)C12C(=O)OC2C. The maximum Gasteiger partial charge on any atom is 0.321 e. The summed E-state index contributed by atoms with van der Waals surface area (Å²) < 4.78 is 16.4. The van der Waals surface area contributed by atoms with Crippen LogP contribution in [0.1, 0.15) is 59.6 Å². The maximum atomic E-state index is 13.2. The second-order valence-corrected chi connectivity index (χ2v) is 13.9. The third kappa shape index (κ3) is 7.94. The number of Topliss-reactive ketones (excluding diaryl/α,β-unsaturated/α-hetero) is 1. The van der Waals surface area contributed by atoms with Crippen LogP contribution in [0.4, 0.5) is 0 Å². The normalized spacial score (nSPS) is 28.6. The van der Waals surface area contributed by atoms with E-state index < -0.39 is 64.7 Å². The molecule has 1 aromatic rings. The zero-order chi connectivity index (χ0) is 37.4. The molecule has 50 heavy (non-hydrogen) atoms. The van der Waals surface area contributed by atoms with Crippen molar-refractivity contribution in [3.63, 3.8) is 0 Å². The molecule has 1 aromatic heterocycles. The first kappa shape index (κ1) is 40.7. The molecule has 1 saturated heterocycles. The van der Waals surface area contributed by atoms with Crippen LogP contribution in [0.3, 0.4) is 0 Å². The lowest BCUT2D eigenvalue weighted by atomic mass is 9.60. The fourth-order valence-corrected chi connectivity index (χ4v) is 7.14. The number of hydrogen-bond donors (Lipinski definition) is 5. The summed E-state index contributed by atoms with van der Waals surface area (Å²) >= 11 is 0. The number of ether oxygens (including phenoxy) is 2. The zero-order valence-corrected chi connectivity index (χ0v) is 30.7. The van der Waals surface area contributed by atoms with E-state index in [1.165, 1.54) is 7.11 Å². The number of aliphatic hydroxyl groups is 3. The molecule has 0 bridgehead atoms. The molecule has 1 aliphatic heterocycles. The van der Waals surface area contributed by atoms with Crippen molar-refractivity contribution < 1.29 is 43.6 Å². The fourth-order valence-electron chi connectivity index (χ4n) is 7.14. The van der Waals surface area contributed by atoms with Crippen LogP contribution in [0.5, 0.6) is 0 Å². The van der Waals surface area contributed by atoms with Gasteiger partial charge in [0.05, 0.1) is 36.0 Å². The summed E-state index contributed by atoms with van der Waals surface area (Å²) in [5, 5.41) is 39.6. The molecular formula is C38H55N3O9. The minimum Gasteiger partial charge on any atom is -0.461 e. The van der Waals surface area contributed by atoms with Gasteiger partial charge in [0.15, 0.2) is 17.1 Å². The van der Waals surface area contributed by atoms with Gasteiger partial charge in [0.2, 0.25) is 5.91 Å². The van der Waals surface area contributed by atoms with E-state index in [2.05, 4.69) is 15.6 Å². The molecular weight excluding hydrogens is 642 g/mol. The summed E-state index contributed by atoms with van der Waals surface area (Å²) in [4.78, 5) is 43.1. The summed E-state index contributed by atoms with van der Waals surface area (Å²) in [6.45, 7) is 12.2. The van der Waals surface area contributed by atoms with Crippen LogP contribution in [0.2, 0.25) is 0 Å². The van der Waals surface area contributed by atoms with Crippen LogP contribution in [-0.4, -0.2) is 94.7 Å². The first-order chi connectivity index (χ1) is 23.5. The van der Waals surface area contributed by atoms with Crippen molar-refractivity contribution in [3.05, 3.63) is 78.1 Å². The van der Waals surface area contributed by atoms with E-state index in [1.807, 2.05) is 18.2 Å². The summed E-state index contributed by atoms with van der Waals surface area (Å²) in [6, 6.07) is -0.923. The number of methoxy groups -OCH3 is 1. The average molecular weight is 698 g/mol. The number of oxazole rings is 1. The standard InChI is InChI=1S/C38H55N3O9/c1-23(17-13-10-11-14-18-28-22-41-27(5)50-28)33(44)36(6,7)34(45)40-20-16-12-15-19-29(42)24(2)21-30(48-9)38(47)25(3)31(43)32(39-8)37(38)26(4)49-35(37)46/h10-17,19,22,24-26,29-30,32-33,39,42,44,47H,18,20-21H2,1-9H3,(H,40,45)/b13-10-,14-11+,16-12+,19-15+,23-17-. The molecule has 12 heteroatoms. The zero-order valence-electron chi connectivity index (χ0n) is 30.7. The second-order valence-electron chi connectivity index (χ2n) is 13.9. The number of ketones is 1. The molecule has 1 spiro atoms. The first-order valence-electron chi connectivity index (χ1n) is 17.1. The Labute approximate surface area is 295 Å². The summed E-state index contributed by atoms with van der Waals surface area (Å²) in [6.07, 6.45) is 14.7. The second kappa shape index (κ2) is 17.0. The Morgan fingerprint density at radius 2 is 1.82 bits per heavy atom. The number of likely N-dealkylation sites (N-methyl/N-ethyl adjacent to an activating group) is 1. The third-order valence-corrected chi connectivity index (χ3v) is 10.3. The number of nitrogens with zero attached hydrogens (tertiary/aromatic N) is 1. The molecule has 12 nitrogen and oxygen atoms in total. The van der Waals surface area contributed by atoms with Crippen LogP contribution >= 0.6 is 0 Å². The Hall–Kier alpha value is -3.68. The highest BCUT2D eigenvalue weighted by molar-refractivity contribution is 6.02. The molecule has 1 saturated carbocycles. The van der Waals surface area contributed by atoms with Gasteiger partial charge in [-0.1, -0.05) is 68.5 Å². The average Bonchev–Trinajstić information content (AvgIpc) is 3.58. The smallest absolute Gasteiger partial charge is 0.321 e. The number of cyclic esters (lactones) is 1. The minimum atomic E-state index is -1.85. The van der Waals surface area contributed by atoms with Crippen molar-refractivity contribution in [2.24, 2.45) is 22.7 Å². The van der Waals surface area contributed by atoms with Gasteiger partial charge in [-0.25, -0.2) is 4.98 Å². The van der Waals surface area contributed by atoms with E-state index in [9.17, 15) is 29.7 Å². The number of carbonyl (C=O) groups is 3. The van der Waals surface area contributed by atoms with Crippen LogP contribution in [0.25, 0.3) is 0 Å². The Kier molecular flexibility index (Phi) is 13.9. The van der Waals surface area contributed by atoms with Gasteiger partial charge in [-0.15, -0.1) is 0 Å². The number of hydrogen-bond acceptors (Lipinski definition) is 11. The Morgan fingerprint density at radius 1 is 1.14 bits per heavy atom. The summed E-state index contributed by atoms with van der Waals surface area (Å²) in [5.41, 5.74) is -3.80. The lowest BCUT2D eigenvalue weighted by Gasteiger charge is -2.55. The van der Waals surface area contributed by atoms with E-state index in [-0.39, 0.29) is 24.7 Å². The molecule has 3 rings (SSSR count). The van der Waals surface area contributed by atoms with E-state index in [1.54, 1.807) is 98.2 Å². The highest BCUT2D eigenvalue weighted by Gasteiger charge is 2.81. The van der Waals surface area contributed by atoms with Crippen LogP contribution in [0, 0.1) is 29.6 Å². The summed E-state index contributed by atoms with van der Waals surface area (Å²) in [7, 11) is 2.99. The monoisotopic (exact) mass is 697 g/mol. The van der Waals surface area contributed by atoms with Gasteiger partial charge in [0.25, 0.3) is 0 Å². The fraction of sp³-hybridized carbons (Fsp3) is 0.579. The summed E-state index contributed by atoms with van der Waals surface area (Å²) in [5.74, 6) is -1.18. The topological polar surface area (TPSA) is 180 Å². The Morgan fingerprint density at radius 3 is 2.40 bits per heavy atom. The predicted molar refractivity (Wildman–Crippen MR) is 189 cm³/mol. The van der Waals surface area contributed by atoms with Gasteiger partial charge in [-0.2, -0.15) is 0 Å². The Bertz CT molecular complexity index is 1510. The number of esters is 1. The molecule has 2 heterocycles. The van der Waals surface area contributed by atoms with Crippen LogP contribution < -0.4 is 10.6 Å². The number of amides is 1. The molecule has 9 atom stereocenters. The van der Waals surface area contributed by atoms with Gasteiger partial charge in [0, 0.05) is 32.9 Å². The van der Waals surface area contributed by atoms with E-state index >= 15 is 0 Å². The molecule has 2 fully saturated rings. The highest BCUT2D eigenvalue weighted by Crippen LogP contribution is 2.59. The molecule has 0 radical (unpaired) electrons. The van der Waals surface area contributed by atoms with Gasteiger partial charge in [0.1, 0.15) is 17.5 Å². The molecule has 0 aromatic carbocycles. The van der Waals surface area contributed by atoms with Gasteiger partial charge < -0.3 is 39.8 Å². The number of carbonyl (C=O) groups excluding carboxylic acids is 3. The van der Waals surface area contributed by atoms with Crippen LogP contribution in [-0.2, 0) is 30.3 Å². The highest BCUT2D eigenvalue weighted by atomic mass is 16.6.